The quantitative estimate of drug-likeness (QED) is 0.251. The largest absolute Gasteiger partial charge is 0.338 e. The normalized spacial score (nSPS) is 18.4. The summed E-state index contributed by atoms with van der Waals surface area (Å²) in [7, 11) is -3.82. The Hall–Kier alpha value is -2.38. The van der Waals surface area contributed by atoms with E-state index < -0.39 is 15.5 Å². The molecule has 0 aliphatic carbocycles. The highest BCUT2D eigenvalue weighted by atomic mass is 35.5. The standard InChI is InChI=1S/C27H27Cl2NO4S/c28-24-14-13-22(19-25(24)29)27(16-8-18-34-35(32,33)23-11-5-2-6-12-23)15-7-17-30(20-27)26(31)21-9-3-1-4-10-21/h1-6,9-14,19H,7-8,15-18,20H2. The Morgan fingerprint density at radius 2 is 1.63 bits per heavy atom. The number of piperidine rings is 1. The summed E-state index contributed by atoms with van der Waals surface area (Å²) in [5, 5.41) is 0.925. The molecule has 1 saturated heterocycles. The van der Waals surface area contributed by atoms with Crippen molar-refractivity contribution in [3.63, 3.8) is 0 Å². The number of benzene rings is 3. The van der Waals surface area contributed by atoms with E-state index in [1.54, 1.807) is 24.3 Å². The maximum absolute atomic E-state index is 13.2. The fraction of sp³-hybridized carbons (Fsp3) is 0.296. The maximum atomic E-state index is 13.2. The second-order valence-electron chi connectivity index (χ2n) is 8.80. The van der Waals surface area contributed by atoms with Gasteiger partial charge in [-0.2, -0.15) is 8.42 Å². The molecule has 35 heavy (non-hydrogen) atoms. The average Bonchev–Trinajstić information content (AvgIpc) is 2.89. The molecule has 1 atom stereocenters. The van der Waals surface area contributed by atoms with Crippen molar-refractivity contribution in [3.8, 4) is 0 Å². The lowest BCUT2D eigenvalue weighted by molar-refractivity contribution is 0.0620. The van der Waals surface area contributed by atoms with E-state index in [4.69, 9.17) is 27.4 Å². The van der Waals surface area contributed by atoms with Crippen LogP contribution < -0.4 is 0 Å². The van der Waals surface area contributed by atoms with Crippen LogP contribution in [0.25, 0.3) is 0 Å². The van der Waals surface area contributed by atoms with Crippen LogP contribution in [0.4, 0.5) is 0 Å². The number of hydrogen-bond acceptors (Lipinski definition) is 4. The molecule has 1 heterocycles. The Bertz CT molecular complexity index is 1270. The molecule has 0 bridgehead atoms. The summed E-state index contributed by atoms with van der Waals surface area (Å²) in [6.45, 7) is 1.22. The van der Waals surface area contributed by atoms with Crippen molar-refractivity contribution in [3.05, 3.63) is 100 Å². The van der Waals surface area contributed by atoms with Gasteiger partial charge in [0.1, 0.15) is 0 Å². The molecule has 8 heteroatoms. The molecule has 0 spiro atoms. The first-order valence-corrected chi connectivity index (χ1v) is 13.7. The lowest BCUT2D eigenvalue weighted by atomic mass is 9.71. The van der Waals surface area contributed by atoms with Crippen molar-refractivity contribution in [2.75, 3.05) is 19.7 Å². The van der Waals surface area contributed by atoms with E-state index >= 15 is 0 Å². The number of rotatable bonds is 8. The second-order valence-corrected chi connectivity index (χ2v) is 11.2. The highest BCUT2D eigenvalue weighted by Gasteiger charge is 2.39. The van der Waals surface area contributed by atoms with Crippen molar-refractivity contribution >= 4 is 39.2 Å². The highest BCUT2D eigenvalue weighted by molar-refractivity contribution is 7.86. The first-order chi connectivity index (χ1) is 16.8. The Morgan fingerprint density at radius 1 is 0.943 bits per heavy atom. The van der Waals surface area contributed by atoms with E-state index in [1.165, 1.54) is 12.1 Å². The van der Waals surface area contributed by atoms with Crippen molar-refractivity contribution in [1.82, 2.24) is 4.90 Å². The number of likely N-dealkylation sites (tertiary alicyclic amines) is 1. The third-order valence-electron chi connectivity index (χ3n) is 6.49. The molecule has 3 aromatic rings. The van der Waals surface area contributed by atoms with E-state index in [-0.39, 0.29) is 17.4 Å². The molecule has 184 valence electrons. The molecule has 0 aromatic heterocycles. The van der Waals surface area contributed by atoms with E-state index in [9.17, 15) is 13.2 Å². The van der Waals surface area contributed by atoms with Crippen LogP contribution in [-0.4, -0.2) is 38.9 Å². The summed E-state index contributed by atoms with van der Waals surface area (Å²) in [6.07, 6.45) is 2.80. The van der Waals surface area contributed by atoms with Crippen LogP contribution in [0.5, 0.6) is 0 Å². The van der Waals surface area contributed by atoms with E-state index in [0.717, 1.165) is 18.4 Å². The van der Waals surface area contributed by atoms with Gasteiger partial charge < -0.3 is 4.90 Å². The molecule has 0 N–H and O–H groups in total. The van der Waals surface area contributed by atoms with Crippen molar-refractivity contribution in [2.24, 2.45) is 0 Å². The van der Waals surface area contributed by atoms with Crippen LogP contribution in [0.15, 0.2) is 83.8 Å². The van der Waals surface area contributed by atoms with Crippen LogP contribution in [0.3, 0.4) is 0 Å². The predicted molar refractivity (Wildman–Crippen MR) is 139 cm³/mol. The molecule has 0 saturated carbocycles. The molecule has 0 radical (unpaired) electrons. The first kappa shape index (κ1) is 25.7. The van der Waals surface area contributed by atoms with Gasteiger partial charge in [0.2, 0.25) is 0 Å². The van der Waals surface area contributed by atoms with Gasteiger partial charge in [-0.15, -0.1) is 0 Å². The van der Waals surface area contributed by atoms with Gasteiger partial charge in [-0.1, -0.05) is 65.7 Å². The zero-order chi connectivity index (χ0) is 24.9. The van der Waals surface area contributed by atoms with E-state index in [0.29, 0.717) is 41.5 Å². The summed E-state index contributed by atoms with van der Waals surface area (Å²) in [4.78, 5) is 15.2. The fourth-order valence-corrected chi connectivity index (χ4v) is 5.97. The third kappa shape index (κ3) is 6.07. The van der Waals surface area contributed by atoms with Crippen molar-refractivity contribution in [1.29, 1.82) is 0 Å². The molecule has 5 nitrogen and oxygen atoms in total. The Labute approximate surface area is 216 Å². The molecular weight excluding hydrogens is 505 g/mol. The van der Waals surface area contributed by atoms with Crippen LogP contribution in [-0.2, 0) is 19.7 Å². The number of nitrogens with zero attached hydrogens (tertiary/aromatic N) is 1. The lowest BCUT2D eigenvalue weighted by Gasteiger charge is -2.44. The predicted octanol–water partition coefficient (Wildman–Crippen LogP) is 6.35. The van der Waals surface area contributed by atoms with Gasteiger partial charge >= 0.3 is 0 Å². The SMILES string of the molecule is O=C(c1ccccc1)N1CCCC(CCCOS(=O)(=O)c2ccccc2)(c2ccc(Cl)c(Cl)c2)C1. The van der Waals surface area contributed by atoms with Gasteiger partial charge in [0.15, 0.2) is 0 Å². The number of hydrogen-bond donors (Lipinski definition) is 0. The fourth-order valence-electron chi connectivity index (χ4n) is 4.71. The second kappa shape index (κ2) is 11.1. The molecule has 1 aliphatic heterocycles. The molecule has 1 amide bonds. The monoisotopic (exact) mass is 531 g/mol. The molecule has 1 unspecified atom stereocenters. The zero-order valence-corrected chi connectivity index (χ0v) is 21.5. The molecule has 3 aromatic carbocycles. The summed E-state index contributed by atoms with van der Waals surface area (Å²) in [6, 6.07) is 22.9. The molecular formula is C27H27Cl2NO4S. The minimum atomic E-state index is -3.82. The van der Waals surface area contributed by atoms with Crippen molar-refractivity contribution < 1.29 is 17.4 Å². The van der Waals surface area contributed by atoms with Gasteiger partial charge in [-0.3, -0.25) is 8.98 Å². The number of halogens is 2. The van der Waals surface area contributed by atoms with Crippen LogP contribution >= 0.6 is 23.2 Å². The zero-order valence-electron chi connectivity index (χ0n) is 19.2. The molecule has 1 fully saturated rings. The van der Waals surface area contributed by atoms with Crippen LogP contribution in [0.1, 0.15) is 41.6 Å². The Balaban J connectivity index is 1.53. The van der Waals surface area contributed by atoms with Gasteiger partial charge in [0.05, 0.1) is 21.5 Å². The Kier molecular flexibility index (Phi) is 8.17. The topological polar surface area (TPSA) is 63.7 Å². The summed E-state index contributed by atoms with van der Waals surface area (Å²) in [5.41, 5.74) is 1.25. The van der Waals surface area contributed by atoms with E-state index in [2.05, 4.69) is 0 Å². The summed E-state index contributed by atoms with van der Waals surface area (Å²) < 4.78 is 30.3. The van der Waals surface area contributed by atoms with Crippen LogP contribution in [0, 0.1) is 0 Å². The maximum Gasteiger partial charge on any atom is 0.296 e. The van der Waals surface area contributed by atoms with Crippen molar-refractivity contribution in [2.45, 2.75) is 36.0 Å². The smallest absolute Gasteiger partial charge is 0.296 e. The Morgan fingerprint density at radius 3 is 2.31 bits per heavy atom. The highest BCUT2D eigenvalue weighted by Crippen LogP contribution is 2.41. The third-order valence-corrected chi connectivity index (χ3v) is 8.55. The lowest BCUT2D eigenvalue weighted by Crippen LogP contribution is -2.48. The van der Waals surface area contributed by atoms with Gasteiger partial charge in [0.25, 0.3) is 16.0 Å². The number of amides is 1. The van der Waals surface area contributed by atoms with E-state index in [1.807, 2.05) is 47.4 Å². The first-order valence-electron chi connectivity index (χ1n) is 11.6. The number of carbonyl (C=O) groups excluding carboxylic acids is 1. The molecule has 4 rings (SSSR count). The van der Waals surface area contributed by atoms with Gasteiger partial charge in [-0.25, -0.2) is 0 Å². The van der Waals surface area contributed by atoms with Gasteiger partial charge in [-0.05, 0) is 67.6 Å². The van der Waals surface area contributed by atoms with Crippen LogP contribution in [0.2, 0.25) is 10.0 Å². The minimum absolute atomic E-state index is 0.0161. The summed E-state index contributed by atoms with van der Waals surface area (Å²) in [5.74, 6) is -0.0161. The number of carbonyl (C=O) groups is 1. The summed E-state index contributed by atoms with van der Waals surface area (Å²) >= 11 is 12.5. The van der Waals surface area contributed by atoms with Gasteiger partial charge in [0, 0.05) is 24.1 Å². The minimum Gasteiger partial charge on any atom is -0.338 e. The average molecular weight is 532 g/mol. The molecule has 1 aliphatic rings.